The molecule has 4 heterocycles. The number of hydrogen-bond donors (Lipinski definition) is 0. The van der Waals surface area contributed by atoms with Crippen LogP contribution in [0, 0.1) is 10.8 Å². The van der Waals surface area contributed by atoms with Crippen molar-refractivity contribution in [1.29, 1.82) is 0 Å². The van der Waals surface area contributed by atoms with Crippen LogP contribution in [-0.4, -0.2) is 92.1 Å². The number of amides is 2. The maximum atomic E-state index is 12.6. The van der Waals surface area contributed by atoms with E-state index in [4.69, 9.17) is 0 Å². The van der Waals surface area contributed by atoms with Crippen molar-refractivity contribution in [2.24, 2.45) is 10.8 Å². The molecular formula is C17H30N4O. The number of carbonyl (C=O) groups is 1. The Hall–Kier alpha value is -0.810. The van der Waals surface area contributed by atoms with Gasteiger partial charge in [0.15, 0.2) is 0 Å². The molecular weight excluding hydrogens is 276 g/mol. The number of hydrogen-bond acceptors (Lipinski definition) is 3. The zero-order chi connectivity index (χ0) is 15.4. The van der Waals surface area contributed by atoms with Gasteiger partial charge in [-0.2, -0.15) is 0 Å². The highest BCUT2D eigenvalue weighted by molar-refractivity contribution is 5.76. The Balaban J connectivity index is 1.25. The van der Waals surface area contributed by atoms with E-state index in [0.29, 0.717) is 16.9 Å². The topological polar surface area (TPSA) is 30.0 Å². The van der Waals surface area contributed by atoms with Crippen LogP contribution in [0.1, 0.15) is 25.7 Å². The van der Waals surface area contributed by atoms with Crippen LogP contribution in [0.3, 0.4) is 0 Å². The Morgan fingerprint density at radius 2 is 1.00 bits per heavy atom. The van der Waals surface area contributed by atoms with Gasteiger partial charge in [-0.25, -0.2) is 4.79 Å². The van der Waals surface area contributed by atoms with Gasteiger partial charge in [0.25, 0.3) is 0 Å². The van der Waals surface area contributed by atoms with Gasteiger partial charge < -0.3 is 19.6 Å². The van der Waals surface area contributed by atoms with Gasteiger partial charge in [-0.05, 0) is 66.0 Å². The molecule has 0 unspecified atom stereocenters. The van der Waals surface area contributed by atoms with E-state index in [1.807, 2.05) is 0 Å². The molecule has 4 saturated heterocycles. The highest BCUT2D eigenvalue weighted by Gasteiger charge is 2.51. The van der Waals surface area contributed by atoms with Crippen molar-refractivity contribution in [2.45, 2.75) is 25.7 Å². The third-order valence-corrected chi connectivity index (χ3v) is 6.74. The second-order valence-electron chi connectivity index (χ2n) is 8.60. The third kappa shape index (κ3) is 2.42. The quantitative estimate of drug-likeness (QED) is 0.673. The van der Waals surface area contributed by atoms with E-state index in [2.05, 4.69) is 33.7 Å². The van der Waals surface area contributed by atoms with Crippen molar-refractivity contribution in [1.82, 2.24) is 19.6 Å². The lowest BCUT2D eigenvalue weighted by molar-refractivity contribution is -0.0607. The van der Waals surface area contributed by atoms with E-state index in [1.165, 1.54) is 51.9 Å². The molecule has 0 aliphatic carbocycles. The van der Waals surface area contributed by atoms with Crippen LogP contribution in [-0.2, 0) is 0 Å². The normalized spacial score (nSPS) is 31.2. The number of piperidine rings is 2. The molecule has 5 nitrogen and oxygen atoms in total. The Morgan fingerprint density at radius 1 is 0.682 bits per heavy atom. The number of rotatable bonds is 0. The highest BCUT2D eigenvalue weighted by Crippen LogP contribution is 2.44. The summed E-state index contributed by atoms with van der Waals surface area (Å²) in [6, 6.07) is 0.314. The second-order valence-corrected chi connectivity index (χ2v) is 8.60. The van der Waals surface area contributed by atoms with Gasteiger partial charge in [0, 0.05) is 37.0 Å². The molecule has 4 aliphatic rings. The molecule has 4 rings (SSSR count). The molecule has 2 spiro atoms. The van der Waals surface area contributed by atoms with Gasteiger partial charge >= 0.3 is 6.03 Å². The van der Waals surface area contributed by atoms with Gasteiger partial charge in [0.05, 0.1) is 0 Å². The fourth-order valence-corrected chi connectivity index (χ4v) is 4.82. The zero-order valence-corrected chi connectivity index (χ0v) is 14.2. The lowest BCUT2D eigenvalue weighted by Gasteiger charge is -2.58. The molecule has 124 valence electrons. The lowest BCUT2D eigenvalue weighted by Crippen LogP contribution is -2.69. The molecule has 4 aliphatic heterocycles. The number of carbonyl (C=O) groups excluding carboxylic acids is 1. The average Bonchev–Trinajstić information content (AvgIpc) is 2.44. The Labute approximate surface area is 134 Å². The standard InChI is InChI=1S/C17H30N4O/c1-18-7-3-16(4-8-18)11-20(12-16)15(22)21-13-17(14-21)5-9-19(2)10-6-17/h3-14H2,1-2H3. The van der Waals surface area contributed by atoms with Crippen molar-refractivity contribution in [3.8, 4) is 0 Å². The van der Waals surface area contributed by atoms with E-state index in [0.717, 1.165) is 26.2 Å². The first-order chi connectivity index (χ1) is 10.5. The molecule has 0 aromatic rings. The van der Waals surface area contributed by atoms with E-state index < -0.39 is 0 Å². The predicted octanol–water partition coefficient (Wildman–Crippen LogP) is 1.16. The SMILES string of the molecule is CN1CCC2(CC1)CN(C(=O)N1CC3(CCN(C)CC3)C1)C2. The first-order valence-electron chi connectivity index (χ1n) is 8.90. The van der Waals surface area contributed by atoms with Crippen LogP contribution >= 0.6 is 0 Å². The lowest BCUT2D eigenvalue weighted by atomic mass is 9.71. The molecule has 5 heteroatoms. The summed E-state index contributed by atoms with van der Waals surface area (Å²) in [5.41, 5.74) is 0.913. The Bertz CT molecular complexity index is 394. The summed E-state index contributed by atoms with van der Waals surface area (Å²) in [5, 5.41) is 0. The van der Waals surface area contributed by atoms with Crippen molar-refractivity contribution < 1.29 is 4.79 Å². The first-order valence-corrected chi connectivity index (χ1v) is 8.90. The summed E-state index contributed by atoms with van der Waals surface area (Å²) >= 11 is 0. The average molecular weight is 306 g/mol. The van der Waals surface area contributed by atoms with Gasteiger partial charge in [0.1, 0.15) is 0 Å². The van der Waals surface area contributed by atoms with E-state index in [-0.39, 0.29) is 0 Å². The second kappa shape index (κ2) is 5.10. The summed E-state index contributed by atoms with van der Waals surface area (Å²) in [6.07, 6.45) is 5.07. The minimum atomic E-state index is 0.314. The van der Waals surface area contributed by atoms with Crippen molar-refractivity contribution in [3.05, 3.63) is 0 Å². The summed E-state index contributed by atoms with van der Waals surface area (Å²) in [7, 11) is 4.41. The minimum Gasteiger partial charge on any atom is -0.323 e. The van der Waals surface area contributed by atoms with Crippen LogP contribution < -0.4 is 0 Å². The predicted molar refractivity (Wildman–Crippen MR) is 86.9 cm³/mol. The van der Waals surface area contributed by atoms with Gasteiger partial charge in [-0.15, -0.1) is 0 Å². The highest BCUT2D eigenvalue weighted by atomic mass is 16.2. The van der Waals surface area contributed by atoms with E-state index in [1.54, 1.807) is 0 Å². The Kier molecular flexibility index (Phi) is 3.42. The fourth-order valence-electron chi connectivity index (χ4n) is 4.82. The molecule has 0 radical (unpaired) electrons. The van der Waals surface area contributed by atoms with Gasteiger partial charge in [-0.3, -0.25) is 0 Å². The molecule has 0 atom stereocenters. The first kappa shape index (κ1) is 14.8. The van der Waals surface area contributed by atoms with E-state index in [9.17, 15) is 4.79 Å². The maximum Gasteiger partial charge on any atom is 0.320 e. The minimum absolute atomic E-state index is 0.314. The van der Waals surface area contributed by atoms with Crippen LogP contribution in [0.4, 0.5) is 4.79 Å². The number of urea groups is 1. The molecule has 0 N–H and O–H groups in total. The number of likely N-dealkylation sites (tertiary alicyclic amines) is 4. The van der Waals surface area contributed by atoms with Crippen molar-refractivity contribution in [3.63, 3.8) is 0 Å². The molecule has 0 bridgehead atoms. The summed E-state index contributed by atoms with van der Waals surface area (Å²) in [6.45, 7) is 8.81. The van der Waals surface area contributed by atoms with Gasteiger partial charge in [-0.1, -0.05) is 0 Å². The molecule has 4 fully saturated rings. The van der Waals surface area contributed by atoms with Crippen LogP contribution in [0.15, 0.2) is 0 Å². The number of nitrogens with zero attached hydrogens (tertiary/aromatic N) is 4. The van der Waals surface area contributed by atoms with E-state index >= 15 is 0 Å². The third-order valence-electron chi connectivity index (χ3n) is 6.74. The van der Waals surface area contributed by atoms with Gasteiger partial charge in [0.2, 0.25) is 0 Å². The largest absolute Gasteiger partial charge is 0.323 e. The smallest absolute Gasteiger partial charge is 0.320 e. The molecule has 22 heavy (non-hydrogen) atoms. The molecule has 0 aromatic heterocycles. The van der Waals surface area contributed by atoms with Crippen LogP contribution in [0.25, 0.3) is 0 Å². The summed E-state index contributed by atoms with van der Waals surface area (Å²) in [5.74, 6) is 0. The van der Waals surface area contributed by atoms with Crippen molar-refractivity contribution >= 4 is 6.03 Å². The molecule has 0 aromatic carbocycles. The summed E-state index contributed by atoms with van der Waals surface area (Å²) in [4.78, 5) is 21.7. The molecule has 2 amide bonds. The van der Waals surface area contributed by atoms with Crippen molar-refractivity contribution in [2.75, 3.05) is 66.5 Å². The monoisotopic (exact) mass is 306 g/mol. The Morgan fingerprint density at radius 3 is 1.32 bits per heavy atom. The van der Waals surface area contributed by atoms with Crippen LogP contribution in [0.5, 0.6) is 0 Å². The summed E-state index contributed by atoms with van der Waals surface area (Å²) < 4.78 is 0. The fraction of sp³-hybridized carbons (Fsp3) is 0.941. The van der Waals surface area contributed by atoms with Crippen LogP contribution in [0.2, 0.25) is 0 Å². The zero-order valence-electron chi connectivity index (χ0n) is 14.2. The molecule has 0 saturated carbocycles. The maximum absolute atomic E-state index is 12.6.